The Labute approximate surface area is 229 Å². The van der Waals surface area contributed by atoms with Crippen LogP contribution in [0.4, 0.5) is 20.2 Å². The number of aliphatic hydroxyl groups is 1. The average Bonchev–Trinajstić information content (AvgIpc) is 3.47. The van der Waals surface area contributed by atoms with Crippen molar-refractivity contribution in [3.63, 3.8) is 0 Å². The van der Waals surface area contributed by atoms with Crippen LogP contribution in [-0.4, -0.2) is 46.7 Å². The zero-order chi connectivity index (χ0) is 27.5. The van der Waals surface area contributed by atoms with Gasteiger partial charge in [-0.05, 0) is 54.6 Å². The summed E-state index contributed by atoms with van der Waals surface area (Å²) in [5.74, 6) is -3.82. The minimum absolute atomic E-state index is 0.00420. The first-order valence-electron chi connectivity index (χ1n) is 11.5. The summed E-state index contributed by atoms with van der Waals surface area (Å²) in [6, 6.07) is 19.8. The number of hydrogen-bond donors (Lipinski definition) is 3. The minimum atomic E-state index is -2.54. The molecule has 0 unspecified atom stereocenters. The van der Waals surface area contributed by atoms with Gasteiger partial charge in [0.25, 0.3) is 11.7 Å². The van der Waals surface area contributed by atoms with E-state index in [0.717, 1.165) is 10.2 Å². The Bertz CT molecular complexity index is 1570. The third-order valence-electron chi connectivity index (χ3n) is 5.70. The van der Waals surface area contributed by atoms with E-state index in [1.807, 2.05) is 24.3 Å². The highest BCUT2D eigenvalue weighted by Crippen LogP contribution is 2.35. The van der Waals surface area contributed by atoms with Crippen molar-refractivity contribution in [1.82, 2.24) is 4.98 Å². The van der Waals surface area contributed by atoms with Crippen LogP contribution in [0.25, 0.3) is 15.8 Å². The fourth-order valence-electron chi connectivity index (χ4n) is 3.94. The third-order valence-corrected chi connectivity index (χ3v) is 7.48. The number of ether oxygens (including phenoxy) is 1. The quantitative estimate of drug-likeness (QED) is 0.172. The smallest absolute Gasteiger partial charge is 0.338 e. The molecule has 0 spiro atoms. The fourth-order valence-corrected chi connectivity index (χ4v) is 5.47. The van der Waals surface area contributed by atoms with Crippen LogP contribution in [0.3, 0.4) is 0 Å². The summed E-state index contributed by atoms with van der Waals surface area (Å²) in [6.45, 7) is -0.514. The Morgan fingerprint density at radius 3 is 2.64 bits per heavy atom. The summed E-state index contributed by atoms with van der Waals surface area (Å²) in [7, 11) is 0. The molecule has 3 N–H and O–H groups in total. The molecule has 2 heterocycles. The zero-order valence-electron chi connectivity index (χ0n) is 20.1. The molecule has 12 heteroatoms. The second-order valence-electron chi connectivity index (χ2n) is 8.32. The van der Waals surface area contributed by atoms with Crippen molar-refractivity contribution in [1.29, 1.82) is 5.41 Å². The number of benzene rings is 3. The summed E-state index contributed by atoms with van der Waals surface area (Å²) >= 11 is 1.78. The van der Waals surface area contributed by atoms with Gasteiger partial charge in [-0.15, -0.1) is 11.3 Å². The van der Waals surface area contributed by atoms with Crippen molar-refractivity contribution in [2.45, 2.75) is 10.7 Å². The van der Waals surface area contributed by atoms with Gasteiger partial charge in [-0.25, -0.2) is 9.78 Å². The largest absolute Gasteiger partial charge is 0.510 e. The van der Waals surface area contributed by atoms with Crippen molar-refractivity contribution >= 4 is 68.0 Å². The third kappa shape index (κ3) is 5.91. The van der Waals surface area contributed by atoms with Gasteiger partial charge in [0.2, 0.25) is 0 Å². The second kappa shape index (κ2) is 11.2. The summed E-state index contributed by atoms with van der Waals surface area (Å²) in [5.41, 5.74) is 2.14. The van der Waals surface area contributed by atoms with Crippen LogP contribution in [0.2, 0.25) is 0 Å². The SMILES string of the molecule is N=C1C(c2nc3ccccc3s2)=C(O)CN1c1cccc(C(=O)OCC(=O)Nc2ccc(SC(F)F)cc2)c1. The number of thioether (sulfide) groups is 1. The number of hydrogen-bond acceptors (Lipinski definition) is 8. The van der Waals surface area contributed by atoms with Crippen LogP contribution in [-0.2, 0) is 9.53 Å². The van der Waals surface area contributed by atoms with Gasteiger partial charge in [0.05, 0.1) is 27.9 Å². The lowest BCUT2D eigenvalue weighted by molar-refractivity contribution is -0.119. The van der Waals surface area contributed by atoms with E-state index >= 15 is 0 Å². The van der Waals surface area contributed by atoms with Crippen LogP contribution in [0.5, 0.6) is 0 Å². The minimum Gasteiger partial charge on any atom is -0.510 e. The first kappa shape index (κ1) is 26.3. The van der Waals surface area contributed by atoms with Crippen LogP contribution in [0.15, 0.2) is 83.5 Å². The number of thiazole rings is 1. The molecule has 1 amide bonds. The van der Waals surface area contributed by atoms with Gasteiger partial charge < -0.3 is 20.1 Å². The molecular weight excluding hydrogens is 546 g/mol. The molecule has 198 valence electrons. The number of anilines is 2. The molecule has 0 radical (unpaired) electrons. The number of rotatable bonds is 8. The Balaban J connectivity index is 1.21. The van der Waals surface area contributed by atoms with Gasteiger partial charge in [-0.3, -0.25) is 10.2 Å². The fraction of sp³-hybridized carbons (Fsp3) is 0.111. The number of esters is 1. The first-order chi connectivity index (χ1) is 18.8. The summed E-state index contributed by atoms with van der Waals surface area (Å²) in [4.78, 5) is 31.3. The molecule has 3 aromatic carbocycles. The number of carbonyl (C=O) groups excluding carboxylic acids is 2. The van der Waals surface area contributed by atoms with Crippen molar-refractivity contribution < 1.29 is 28.2 Å². The van der Waals surface area contributed by atoms with Gasteiger partial charge >= 0.3 is 5.97 Å². The highest BCUT2D eigenvalue weighted by Gasteiger charge is 2.31. The highest BCUT2D eigenvalue weighted by molar-refractivity contribution is 7.99. The number of amidine groups is 1. The molecule has 4 aromatic rings. The van der Waals surface area contributed by atoms with Crippen LogP contribution in [0, 0.1) is 5.41 Å². The molecule has 8 nitrogen and oxygen atoms in total. The van der Waals surface area contributed by atoms with Gasteiger partial charge in [-0.2, -0.15) is 8.78 Å². The number of alkyl halides is 2. The van der Waals surface area contributed by atoms with Crippen LogP contribution in [0.1, 0.15) is 15.4 Å². The molecule has 1 aliphatic heterocycles. The summed E-state index contributed by atoms with van der Waals surface area (Å²) in [6.07, 6.45) is 0. The number of carbonyl (C=O) groups is 2. The van der Waals surface area contributed by atoms with E-state index in [0.29, 0.717) is 38.6 Å². The second-order valence-corrected chi connectivity index (χ2v) is 10.4. The number of nitrogens with zero attached hydrogens (tertiary/aromatic N) is 2. The molecule has 0 aliphatic carbocycles. The number of amides is 1. The molecule has 0 saturated heterocycles. The van der Waals surface area contributed by atoms with Gasteiger partial charge in [0, 0.05) is 16.3 Å². The maximum absolute atomic E-state index is 12.6. The number of para-hydroxylation sites is 1. The van der Waals surface area contributed by atoms with Crippen molar-refractivity contribution in [3.05, 3.63) is 89.1 Å². The molecule has 0 bridgehead atoms. The van der Waals surface area contributed by atoms with Crippen molar-refractivity contribution in [3.8, 4) is 0 Å². The molecule has 5 rings (SSSR count). The summed E-state index contributed by atoms with van der Waals surface area (Å²) < 4.78 is 30.9. The molecule has 1 aromatic heterocycles. The first-order valence-corrected chi connectivity index (χ1v) is 13.2. The van der Waals surface area contributed by atoms with Gasteiger partial charge in [0.15, 0.2) is 6.61 Å². The van der Waals surface area contributed by atoms with Crippen molar-refractivity contribution in [2.75, 3.05) is 23.4 Å². The van der Waals surface area contributed by atoms with E-state index < -0.39 is 24.2 Å². The Hall–Kier alpha value is -4.29. The molecule has 1 aliphatic rings. The zero-order valence-corrected chi connectivity index (χ0v) is 21.7. The maximum atomic E-state index is 12.6. The Morgan fingerprint density at radius 1 is 1.13 bits per heavy atom. The lowest BCUT2D eigenvalue weighted by Gasteiger charge is -2.19. The lowest BCUT2D eigenvalue weighted by Crippen LogP contribution is -2.26. The highest BCUT2D eigenvalue weighted by atomic mass is 32.2. The maximum Gasteiger partial charge on any atom is 0.338 e. The molecule has 0 atom stereocenters. The summed E-state index contributed by atoms with van der Waals surface area (Å²) in [5, 5.41) is 22.4. The molecular formula is C27H20F2N4O4S2. The number of fused-ring (bicyclic) bond motifs is 1. The van der Waals surface area contributed by atoms with Crippen LogP contribution < -0.4 is 10.2 Å². The average molecular weight is 567 g/mol. The predicted molar refractivity (Wildman–Crippen MR) is 148 cm³/mol. The van der Waals surface area contributed by atoms with E-state index in [4.69, 9.17) is 10.1 Å². The topological polar surface area (TPSA) is 116 Å². The predicted octanol–water partition coefficient (Wildman–Crippen LogP) is 6.17. The van der Waals surface area contributed by atoms with E-state index in [1.165, 1.54) is 47.7 Å². The van der Waals surface area contributed by atoms with Crippen molar-refractivity contribution in [2.24, 2.45) is 0 Å². The van der Waals surface area contributed by atoms with Gasteiger partial charge in [0.1, 0.15) is 16.6 Å². The van der Waals surface area contributed by atoms with E-state index in [1.54, 1.807) is 17.0 Å². The standard InChI is InChI=1S/C27H20F2N4O4S2/c28-27(29)38-18-10-8-16(9-11-18)31-22(35)14-37-26(36)15-4-3-5-17(12-15)33-13-20(34)23(24(33)30)25-32-19-6-1-2-7-21(19)39-25/h1-12,27,30,34H,13-14H2,(H,31,35). The molecule has 39 heavy (non-hydrogen) atoms. The van der Waals surface area contributed by atoms with E-state index in [9.17, 15) is 23.5 Å². The Morgan fingerprint density at radius 2 is 1.90 bits per heavy atom. The normalized spacial score (nSPS) is 13.4. The van der Waals surface area contributed by atoms with Gasteiger partial charge in [-0.1, -0.05) is 30.0 Å². The molecule has 0 fully saturated rings. The number of aliphatic hydroxyl groups excluding tert-OH is 1. The van der Waals surface area contributed by atoms with E-state index in [2.05, 4.69) is 10.3 Å². The van der Waals surface area contributed by atoms with E-state index in [-0.39, 0.29) is 23.7 Å². The Kier molecular flexibility index (Phi) is 7.57. The van der Waals surface area contributed by atoms with Crippen LogP contribution >= 0.6 is 23.1 Å². The molecule has 0 saturated carbocycles. The number of aromatic nitrogens is 1. The monoisotopic (exact) mass is 566 g/mol. The number of nitrogens with one attached hydrogen (secondary N) is 2. The lowest BCUT2D eigenvalue weighted by atomic mass is 10.2. The number of halogens is 2.